The molecule has 0 aliphatic heterocycles. The summed E-state index contributed by atoms with van der Waals surface area (Å²) in [4.78, 5) is 32.3. The van der Waals surface area contributed by atoms with Crippen molar-refractivity contribution < 1.29 is 13.9 Å². The summed E-state index contributed by atoms with van der Waals surface area (Å²) in [5.74, 6) is 0.471. The van der Waals surface area contributed by atoms with Gasteiger partial charge in [0.2, 0.25) is 5.89 Å². The molecule has 4 aromatic rings. The largest absolute Gasteiger partial charge is 0.451 e. The molecule has 4 rings (SSSR count). The third-order valence-corrected chi connectivity index (χ3v) is 5.08. The number of carbonyl (C=O) groups is 1. The van der Waals surface area contributed by atoms with Crippen molar-refractivity contribution in [1.29, 1.82) is 0 Å². The number of aryl methyl sites for hydroxylation is 2. The molecule has 0 spiro atoms. The summed E-state index contributed by atoms with van der Waals surface area (Å²) < 4.78 is 10.8. The van der Waals surface area contributed by atoms with Gasteiger partial charge in [-0.05, 0) is 31.5 Å². The van der Waals surface area contributed by atoms with Crippen LogP contribution in [-0.4, -0.2) is 26.1 Å². The van der Waals surface area contributed by atoms with Crippen LogP contribution in [0.5, 0.6) is 0 Å². The summed E-state index contributed by atoms with van der Waals surface area (Å²) in [6, 6.07) is 9.30. The van der Waals surface area contributed by atoms with E-state index in [0.717, 1.165) is 16.9 Å². The van der Waals surface area contributed by atoms with Crippen LogP contribution in [-0.2, 0) is 11.3 Å². The van der Waals surface area contributed by atoms with Crippen LogP contribution < -0.4 is 5.56 Å². The first-order valence-corrected chi connectivity index (χ1v) is 8.89. The zero-order chi connectivity index (χ0) is 19.0. The van der Waals surface area contributed by atoms with Gasteiger partial charge in [0, 0.05) is 5.56 Å². The Balaban J connectivity index is 1.53. The van der Waals surface area contributed by atoms with E-state index in [2.05, 4.69) is 20.2 Å². The summed E-state index contributed by atoms with van der Waals surface area (Å²) in [7, 11) is 0. The van der Waals surface area contributed by atoms with Gasteiger partial charge < -0.3 is 14.1 Å². The molecular weight excluding hydrogens is 368 g/mol. The van der Waals surface area contributed by atoms with E-state index in [1.54, 1.807) is 13.8 Å². The molecule has 136 valence electrons. The van der Waals surface area contributed by atoms with Crippen molar-refractivity contribution in [3.8, 4) is 11.5 Å². The maximum Gasteiger partial charge on any atom is 0.349 e. The molecule has 0 saturated heterocycles. The van der Waals surface area contributed by atoms with Crippen molar-refractivity contribution in [2.45, 2.75) is 20.5 Å². The number of aromatic amines is 1. The lowest BCUT2D eigenvalue weighted by Gasteiger charge is -2.00. The number of hydrogen-bond donors (Lipinski definition) is 1. The molecule has 0 saturated carbocycles. The van der Waals surface area contributed by atoms with E-state index in [9.17, 15) is 9.59 Å². The summed E-state index contributed by atoms with van der Waals surface area (Å²) >= 11 is 1.13. The molecule has 0 aliphatic rings. The van der Waals surface area contributed by atoms with Gasteiger partial charge in [0.05, 0.1) is 5.39 Å². The second-order valence-electron chi connectivity index (χ2n) is 5.83. The van der Waals surface area contributed by atoms with Crippen LogP contribution in [0.4, 0.5) is 0 Å². The first kappa shape index (κ1) is 17.1. The number of nitrogens with zero attached hydrogens (tertiary/aromatic N) is 3. The Morgan fingerprint density at radius 3 is 2.78 bits per heavy atom. The SMILES string of the molecule is Cc1nc2sc(C(=O)OCc3nnc(-c4ccccc4)o3)c(C)c2c(=O)[nH]1. The molecule has 1 N–H and O–H groups in total. The fourth-order valence-corrected chi connectivity index (χ4v) is 3.77. The molecule has 0 unspecified atom stereocenters. The number of fused-ring (bicyclic) bond motifs is 1. The van der Waals surface area contributed by atoms with E-state index in [0.29, 0.717) is 32.4 Å². The Morgan fingerprint density at radius 2 is 2.00 bits per heavy atom. The van der Waals surface area contributed by atoms with E-state index in [1.165, 1.54) is 0 Å². The topological polar surface area (TPSA) is 111 Å². The van der Waals surface area contributed by atoms with Gasteiger partial charge in [-0.2, -0.15) is 0 Å². The highest BCUT2D eigenvalue weighted by molar-refractivity contribution is 7.20. The molecule has 3 heterocycles. The lowest BCUT2D eigenvalue weighted by Crippen LogP contribution is -2.10. The monoisotopic (exact) mass is 382 g/mol. The maximum atomic E-state index is 12.4. The van der Waals surface area contributed by atoms with Gasteiger partial charge in [-0.3, -0.25) is 4.79 Å². The number of hydrogen-bond acceptors (Lipinski definition) is 8. The Bertz CT molecular complexity index is 1190. The minimum absolute atomic E-state index is 0.158. The number of H-pyrrole nitrogens is 1. The van der Waals surface area contributed by atoms with E-state index in [1.807, 2.05) is 30.3 Å². The number of rotatable bonds is 4. The number of esters is 1. The summed E-state index contributed by atoms with van der Waals surface area (Å²) in [5, 5.41) is 8.25. The van der Waals surface area contributed by atoms with Crippen molar-refractivity contribution in [3.63, 3.8) is 0 Å². The van der Waals surface area contributed by atoms with E-state index in [-0.39, 0.29) is 18.1 Å². The van der Waals surface area contributed by atoms with E-state index >= 15 is 0 Å². The number of nitrogens with one attached hydrogen (secondary N) is 1. The highest BCUT2D eigenvalue weighted by Crippen LogP contribution is 2.28. The van der Waals surface area contributed by atoms with Crippen LogP contribution in [0.1, 0.15) is 27.0 Å². The third-order valence-electron chi connectivity index (χ3n) is 3.92. The summed E-state index contributed by atoms with van der Waals surface area (Å²) in [6.45, 7) is 3.23. The fourth-order valence-electron chi connectivity index (χ4n) is 2.65. The van der Waals surface area contributed by atoms with Crippen LogP contribution in [0.2, 0.25) is 0 Å². The standard InChI is InChI=1S/C18H14N4O4S/c1-9-13-15(23)19-10(2)20-17(13)27-14(9)18(24)25-8-12-21-22-16(26-12)11-6-4-3-5-7-11/h3-7H,8H2,1-2H3,(H,19,20,23). The van der Waals surface area contributed by atoms with Gasteiger partial charge in [0.1, 0.15) is 15.5 Å². The number of aromatic nitrogens is 4. The second kappa shape index (κ2) is 6.76. The Hall–Kier alpha value is -3.33. The van der Waals surface area contributed by atoms with Crippen LogP contribution in [0.15, 0.2) is 39.5 Å². The molecule has 0 radical (unpaired) electrons. The number of ether oxygens (including phenoxy) is 1. The predicted octanol–water partition coefficient (Wildman–Crippen LogP) is 3.01. The average molecular weight is 382 g/mol. The quantitative estimate of drug-likeness (QED) is 0.540. The molecule has 1 aromatic carbocycles. The summed E-state index contributed by atoms with van der Waals surface area (Å²) in [5.41, 5.74) is 1.06. The van der Waals surface area contributed by atoms with Gasteiger partial charge >= 0.3 is 5.97 Å². The zero-order valence-electron chi connectivity index (χ0n) is 14.5. The Kier molecular flexibility index (Phi) is 4.28. The third kappa shape index (κ3) is 3.24. The normalized spacial score (nSPS) is 11.0. The highest BCUT2D eigenvalue weighted by Gasteiger charge is 2.21. The average Bonchev–Trinajstić information content (AvgIpc) is 3.25. The first-order valence-electron chi connectivity index (χ1n) is 8.08. The molecule has 0 fully saturated rings. The molecule has 0 bridgehead atoms. The molecule has 9 heteroatoms. The van der Waals surface area contributed by atoms with Gasteiger partial charge in [-0.25, -0.2) is 9.78 Å². The number of benzene rings is 1. The molecular formula is C18H14N4O4S. The maximum absolute atomic E-state index is 12.4. The molecule has 0 atom stereocenters. The smallest absolute Gasteiger partial charge is 0.349 e. The van der Waals surface area contributed by atoms with Crippen molar-refractivity contribution in [1.82, 2.24) is 20.2 Å². The Labute approximate surface area is 156 Å². The minimum Gasteiger partial charge on any atom is -0.451 e. The second-order valence-corrected chi connectivity index (χ2v) is 6.83. The number of thiophene rings is 1. The van der Waals surface area contributed by atoms with Crippen LogP contribution in [0.25, 0.3) is 21.7 Å². The minimum atomic E-state index is -0.563. The van der Waals surface area contributed by atoms with Gasteiger partial charge in [0.15, 0.2) is 6.61 Å². The van der Waals surface area contributed by atoms with Gasteiger partial charge in [0.25, 0.3) is 11.4 Å². The van der Waals surface area contributed by atoms with Crippen molar-refractivity contribution >= 4 is 27.5 Å². The van der Waals surface area contributed by atoms with Crippen LogP contribution in [0.3, 0.4) is 0 Å². The fraction of sp³-hybridized carbons (Fsp3) is 0.167. The van der Waals surface area contributed by atoms with Gasteiger partial charge in [-0.15, -0.1) is 21.5 Å². The first-order chi connectivity index (χ1) is 13.0. The van der Waals surface area contributed by atoms with Crippen molar-refractivity contribution in [2.75, 3.05) is 0 Å². The van der Waals surface area contributed by atoms with Crippen LogP contribution in [0, 0.1) is 13.8 Å². The molecule has 0 aliphatic carbocycles. The van der Waals surface area contributed by atoms with Crippen molar-refractivity contribution in [3.05, 3.63) is 62.8 Å². The van der Waals surface area contributed by atoms with Crippen LogP contribution >= 0.6 is 11.3 Å². The molecule has 0 amide bonds. The van der Waals surface area contributed by atoms with E-state index in [4.69, 9.17) is 9.15 Å². The molecule has 3 aromatic heterocycles. The lowest BCUT2D eigenvalue weighted by atomic mass is 10.2. The van der Waals surface area contributed by atoms with Gasteiger partial charge in [-0.1, -0.05) is 18.2 Å². The van der Waals surface area contributed by atoms with E-state index < -0.39 is 5.97 Å². The number of carbonyl (C=O) groups excluding carboxylic acids is 1. The zero-order valence-corrected chi connectivity index (χ0v) is 15.3. The molecule has 27 heavy (non-hydrogen) atoms. The predicted molar refractivity (Wildman–Crippen MR) is 98.6 cm³/mol. The summed E-state index contributed by atoms with van der Waals surface area (Å²) in [6.07, 6.45) is 0. The Morgan fingerprint density at radius 1 is 1.22 bits per heavy atom. The molecule has 8 nitrogen and oxygen atoms in total. The van der Waals surface area contributed by atoms with Crippen molar-refractivity contribution in [2.24, 2.45) is 0 Å². The lowest BCUT2D eigenvalue weighted by molar-refractivity contribution is 0.0444. The highest BCUT2D eigenvalue weighted by atomic mass is 32.1.